The lowest BCUT2D eigenvalue weighted by atomic mass is 10.1. The Morgan fingerprint density at radius 3 is 2.57 bits per heavy atom. The summed E-state index contributed by atoms with van der Waals surface area (Å²) in [6, 6.07) is 8.96. The van der Waals surface area contributed by atoms with E-state index in [2.05, 4.69) is 5.32 Å². The van der Waals surface area contributed by atoms with E-state index >= 15 is 0 Å². The lowest BCUT2D eigenvalue weighted by Crippen LogP contribution is -2.09. The molecule has 1 heterocycles. The number of hydrogen-bond acceptors (Lipinski definition) is 4. The van der Waals surface area contributed by atoms with Crippen LogP contribution < -0.4 is 11.1 Å². The number of nitrogens with zero attached hydrogens (tertiary/aromatic N) is 1. The van der Waals surface area contributed by atoms with Crippen molar-refractivity contribution >= 4 is 28.8 Å². The maximum Gasteiger partial charge on any atom is 0.416 e. The molecule has 1 aliphatic heterocycles. The molecule has 0 spiro atoms. The molecule has 106 valence electrons. The number of rotatable bonds is 0. The molecule has 1 aliphatic rings. The number of benzene rings is 2. The van der Waals surface area contributed by atoms with Crippen LogP contribution in [0.2, 0.25) is 0 Å². The summed E-state index contributed by atoms with van der Waals surface area (Å²) in [6.07, 6.45) is -4.45. The van der Waals surface area contributed by atoms with Gasteiger partial charge in [-0.2, -0.15) is 18.4 Å². The Kier molecular flexibility index (Phi) is 2.99. The summed E-state index contributed by atoms with van der Waals surface area (Å²) in [5.41, 5.74) is 6.62. The third-order valence-corrected chi connectivity index (χ3v) is 4.15. The first-order valence-electron chi connectivity index (χ1n) is 5.88. The zero-order valence-corrected chi connectivity index (χ0v) is 11.3. The van der Waals surface area contributed by atoms with E-state index in [1.54, 1.807) is 18.2 Å². The van der Waals surface area contributed by atoms with Gasteiger partial charge >= 0.3 is 6.18 Å². The van der Waals surface area contributed by atoms with Crippen LogP contribution in [0.3, 0.4) is 0 Å². The van der Waals surface area contributed by atoms with Crippen LogP contribution in [0.15, 0.2) is 40.1 Å². The molecule has 3 nitrogen and oxygen atoms in total. The molecule has 0 aliphatic carbocycles. The van der Waals surface area contributed by atoms with Crippen LogP contribution in [0.5, 0.6) is 0 Å². The minimum absolute atomic E-state index is 0.0438. The molecule has 0 saturated carbocycles. The number of nitrogen functional groups attached to an aromatic ring is 1. The quantitative estimate of drug-likeness (QED) is 0.605. The monoisotopic (exact) mass is 307 g/mol. The average Bonchev–Trinajstić information content (AvgIpc) is 2.43. The predicted octanol–water partition coefficient (Wildman–Crippen LogP) is 4.37. The Labute approximate surface area is 122 Å². The number of anilines is 3. The lowest BCUT2D eigenvalue weighted by molar-refractivity contribution is -0.137. The van der Waals surface area contributed by atoms with Crippen LogP contribution in [0.25, 0.3) is 0 Å². The molecule has 0 bridgehead atoms. The number of halogens is 3. The maximum absolute atomic E-state index is 12.8. The largest absolute Gasteiger partial charge is 0.416 e. The molecule has 0 saturated heterocycles. The van der Waals surface area contributed by atoms with Crippen molar-refractivity contribution in [1.82, 2.24) is 0 Å². The smallest absolute Gasteiger partial charge is 0.397 e. The SMILES string of the molecule is N#Cc1ccc2c(c1)Sc1cc(C(F)(F)F)cc(N)c1N2. The number of hydrogen-bond donors (Lipinski definition) is 2. The molecule has 2 aromatic carbocycles. The van der Waals surface area contributed by atoms with Crippen LogP contribution >= 0.6 is 11.8 Å². The van der Waals surface area contributed by atoms with Gasteiger partial charge in [0.25, 0.3) is 0 Å². The summed E-state index contributed by atoms with van der Waals surface area (Å²) in [5, 5.41) is 11.9. The highest BCUT2D eigenvalue weighted by molar-refractivity contribution is 7.99. The first-order valence-corrected chi connectivity index (χ1v) is 6.70. The number of alkyl halides is 3. The second-order valence-electron chi connectivity index (χ2n) is 4.49. The Morgan fingerprint density at radius 1 is 1.14 bits per heavy atom. The van der Waals surface area contributed by atoms with Gasteiger partial charge in [0.1, 0.15) is 0 Å². The van der Waals surface area contributed by atoms with Crippen molar-refractivity contribution in [2.45, 2.75) is 16.0 Å². The average molecular weight is 307 g/mol. The number of fused-ring (bicyclic) bond motifs is 2. The highest BCUT2D eigenvalue weighted by Crippen LogP contribution is 2.48. The molecule has 3 rings (SSSR count). The standard InChI is InChI=1S/C14H8F3N3S/c15-14(16,17)8-4-9(19)13-12(5-8)21-11-3-7(6-18)1-2-10(11)20-13/h1-5,20H,19H2. The van der Waals surface area contributed by atoms with Crippen molar-refractivity contribution in [3.05, 3.63) is 41.5 Å². The maximum atomic E-state index is 12.8. The van der Waals surface area contributed by atoms with Gasteiger partial charge in [0.2, 0.25) is 0 Å². The Morgan fingerprint density at radius 2 is 1.90 bits per heavy atom. The van der Waals surface area contributed by atoms with Crippen LogP contribution in [0.1, 0.15) is 11.1 Å². The zero-order valence-electron chi connectivity index (χ0n) is 10.5. The van der Waals surface area contributed by atoms with Crippen molar-refractivity contribution in [1.29, 1.82) is 5.26 Å². The molecule has 7 heteroatoms. The van der Waals surface area contributed by atoms with Crippen molar-refractivity contribution < 1.29 is 13.2 Å². The second kappa shape index (κ2) is 4.60. The van der Waals surface area contributed by atoms with Gasteiger partial charge in [-0.05, 0) is 30.3 Å². The summed E-state index contributed by atoms with van der Waals surface area (Å²) < 4.78 is 38.5. The normalized spacial score (nSPS) is 12.9. The molecule has 21 heavy (non-hydrogen) atoms. The molecule has 3 N–H and O–H groups in total. The fraction of sp³-hybridized carbons (Fsp3) is 0.0714. The van der Waals surface area contributed by atoms with Crippen molar-refractivity contribution in [2.24, 2.45) is 0 Å². The lowest BCUT2D eigenvalue weighted by Gasteiger charge is -2.23. The van der Waals surface area contributed by atoms with E-state index in [0.29, 0.717) is 21.0 Å². The third kappa shape index (κ3) is 2.38. The molecular formula is C14H8F3N3S. The van der Waals surface area contributed by atoms with E-state index in [4.69, 9.17) is 11.0 Å². The summed E-state index contributed by atoms with van der Waals surface area (Å²) in [6.45, 7) is 0. The molecule has 0 atom stereocenters. The van der Waals surface area contributed by atoms with Gasteiger partial charge in [0.15, 0.2) is 0 Å². The first kappa shape index (κ1) is 13.6. The van der Waals surface area contributed by atoms with E-state index in [-0.39, 0.29) is 5.69 Å². The third-order valence-electron chi connectivity index (χ3n) is 3.05. The first-order chi connectivity index (χ1) is 9.88. The van der Waals surface area contributed by atoms with Gasteiger partial charge in [0.05, 0.1) is 34.3 Å². The molecule has 0 aromatic heterocycles. The number of nitrogens with one attached hydrogen (secondary N) is 1. The van der Waals surface area contributed by atoms with E-state index in [1.165, 1.54) is 0 Å². The van der Waals surface area contributed by atoms with Crippen molar-refractivity contribution in [2.75, 3.05) is 11.1 Å². The molecular weight excluding hydrogens is 299 g/mol. The Hall–Kier alpha value is -2.33. The fourth-order valence-corrected chi connectivity index (χ4v) is 3.16. The summed E-state index contributed by atoms with van der Waals surface area (Å²) in [4.78, 5) is 1.09. The Bertz CT molecular complexity index is 778. The summed E-state index contributed by atoms with van der Waals surface area (Å²) >= 11 is 1.16. The van der Waals surface area contributed by atoms with Gasteiger partial charge in [-0.25, -0.2) is 0 Å². The van der Waals surface area contributed by atoms with Crippen LogP contribution in [-0.4, -0.2) is 0 Å². The van der Waals surface area contributed by atoms with Crippen LogP contribution in [0.4, 0.5) is 30.2 Å². The van der Waals surface area contributed by atoms with E-state index < -0.39 is 11.7 Å². The van der Waals surface area contributed by atoms with Gasteiger partial charge in [-0.15, -0.1) is 0 Å². The topological polar surface area (TPSA) is 61.8 Å². The minimum Gasteiger partial charge on any atom is -0.397 e. The van der Waals surface area contributed by atoms with Crippen molar-refractivity contribution in [3.63, 3.8) is 0 Å². The van der Waals surface area contributed by atoms with Gasteiger partial charge in [-0.1, -0.05) is 11.8 Å². The summed E-state index contributed by atoms with van der Waals surface area (Å²) in [5.74, 6) is 0. The fourth-order valence-electron chi connectivity index (χ4n) is 2.05. The minimum atomic E-state index is -4.45. The number of nitrogens with two attached hydrogens (primary N) is 1. The van der Waals surface area contributed by atoms with Gasteiger partial charge < -0.3 is 11.1 Å². The highest BCUT2D eigenvalue weighted by Gasteiger charge is 2.33. The highest BCUT2D eigenvalue weighted by atomic mass is 32.2. The predicted molar refractivity (Wildman–Crippen MR) is 74.4 cm³/mol. The van der Waals surface area contributed by atoms with E-state index in [0.717, 1.165) is 29.6 Å². The number of nitriles is 1. The molecule has 0 amide bonds. The van der Waals surface area contributed by atoms with Crippen molar-refractivity contribution in [3.8, 4) is 6.07 Å². The van der Waals surface area contributed by atoms with E-state index in [1.807, 2.05) is 6.07 Å². The second-order valence-corrected chi connectivity index (χ2v) is 5.57. The van der Waals surface area contributed by atoms with Gasteiger partial charge in [0, 0.05) is 9.79 Å². The van der Waals surface area contributed by atoms with Gasteiger partial charge in [-0.3, -0.25) is 0 Å². The van der Waals surface area contributed by atoms with E-state index in [9.17, 15) is 13.2 Å². The molecule has 0 fully saturated rings. The molecule has 0 unspecified atom stereocenters. The summed E-state index contributed by atoms with van der Waals surface area (Å²) in [7, 11) is 0. The van der Waals surface area contributed by atoms with Crippen LogP contribution in [-0.2, 0) is 6.18 Å². The van der Waals surface area contributed by atoms with Crippen LogP contribution in [0, 0.1) is 11.3 Å². The zero-order chi connectivity index (χ0) is 15.2. The molecule has 2 aromatic rings. The molecule has 0 radical (unpaired) electrons. The Balaban J connectivity index is 2.10.